The molecule has 2 aliphatic heterocycles. The van der Waals surface area contributed by atoms with E-state index >= 15 is 0 Å². The molecular weight excluding hydrogens is 352 g/mol. The minimum atomic E-state index is -0.707. The highest BCUT2D eigenvalue weighted by Crippen LogP contribution is 2.35. The average Bonchev–Trinajstić information content (AvgIpc) is 3.41. The zero-order valence-electron chi connectivity index (χ0n) is 16.9. The van der Waals surface area contributed by atoms with Gasteiger partial charge in [0.25, 0.3) is 0 Å². The van der Waals surface area contributed by atoms with E-state index in [9.17, 15) is 9.90 Å². The quantitative estimate of drug-likeness (QED) is 0.329. The molecule has 152 valence electrons. The third-order valence-electron chi connectivity index (χ3n) is 4.97. The lowest BCUT2D eigenvalue weighted by Gasteiger charge is -2.18. The number of hydrogen-bond donors (Lipinski definition) is 1. The van der Waals surface area contributed by atoms with Gasteiger partial charge in [-0.3, -0.25) is 4.79 Å². The molecule has 0 aromatic carbocycles. The minimum absolute atomic E-state index is 0.0379. The molecule has 0 unspecified atom stereocenters. The van der Waals surface area contributed by atoms with Gasteiger partial charge in [0, 0.05) is 6.42 Å². The van der Waals surface area contributed by atoms with Crippen LogP contribution in [0.5, 0.6) is 0 Å². The van der Waals surface area contributed by atoms with Crippen LogP contribution in [0.2, 0.25) is 0 Å². The van der Waals surface area contributed by atoms with Gasteiger partial charge in [-0.1, -0.05) is 55.7 Å². The molecule has 4 heteroatoms. The van der Waals surface area contributed by atoms with Crippen LogP contribution in [0.4, 0.5) is 0 Å². The molecule has 0 bridgehead atoms. The van der Waals surface area contributed by atoms with E-state index < -0.39 is 6.10 Å². The maximum Gasteiger partial charge on any atom is 0.306 e. The Balaban J connectivity index is 2.02. The van der Waals surface area contributed by atoms with Crippen LogP contribution < -0.4 is 0 Å². The van der Waals surface area contributed by atoms with Crippen molar-refractivity contribution in [2.75, 3.05) is 0 Å². The number of hydrogen-bond acceptors (Lipinski definition) is 4. The Morgan fingerprint density at radius 1 is 1.18 bits per heavy atom. The monoisotopic (exact) mass is 384 g/mol. The van der Waals surface area contributed by atoms with E-state index in [1.54, 1.807) is 0 Å². The van der Waals surface area contributed by atoms with Gasteiger partial charge in [0.05, 0.1) is 6.10 Å². The number of esters is 1. The van der Waals surface area contributed by atoms with E-state index in [1.807, 2.05) is 31.2 Å². The van der Waals surface area contributed by atoms with E-state index in [2.05, 4.69) is 26.3 Å². The van der Waals surface area contributed by atoms with Crippen molar-refractivity contribution in [1.82, 2.24) is 0 Å². The van der Waals surface area contributed by atoms with Crippen molar-refractivity contribution < 1.29 is 19.4 Å². The van der Waals surface area contributed by atoms with Gasteiger partial charge in [-0.25, -0.2) is 0 Å². The minimum Gasteiger partial charge on any atom is -0.458 e. The number of cyclic esters (lactones) is 1. The molecule has 4 nitrogen and oxygen atoms in total. The molecule has 4 atom stereocenters. The van der Waals surface area contributed by atoms with Gasteiger partial charge in [0.15, 0.2) is 0 Å². The molecule has 2 aliphatic rings. The smallest absolute Gasteiger partial charge is 0.306 e. The molecule has 2 rings (SSSR count). The fraction of sp³-hybridized carbons (Fsp3) is 0.458. The van der Waals surface area contributed by atoms with E-state index in [4.69, 9.17) is 9.47 Å². The first kappa shape index (κ1) is 22.1. The number of fused-ring (bicyclic) bond motifs is 1. The first-order chi connectivity index (χ1) is 13.3. The first-order valence-corrected chi connectivity index (χ1v) is 9.83. The van der Waals surface area contributed by atoms with Crippen LogP contribution in [-0.4, -0.2) is 35.5 Å². The Morgan fingerprint density at radius 2 is 1.93 bits per heavy atom. The zero-order chi connectivity index (χ0) is 20.7. The number of carbonyl (C=O) groups excluding carboxylic acids is 1. The summed E-state index contributed by atoms with van der Waals surface area (Å²) < 4.78 is 11.3. The van der Waals surface area contributed by atoms with E-state index in [0.29, 0.717) is 31.3 Å². The molecule has 0 aromatic heterocycles. The largest absolute Gasteiger partial charge is 0.458 e. The second kappa shape index (κ2) is 10.4. The van der Waals surface area contributed by atoms with Gasteiger partial charge in [-0.05, 0) is 56.3 Å². The number of carbonyl (C=O) groups is 1. The lowest BCUT2D eigenvalue weighted by molar-refractivity contribution is -0.147. The molecule has 0 radical (unpaired) electrons. The van der Waals surface area contributed by atoms with Crippen molar-refractivity contribution in [3.8, 4) is 0 Å². The maximum atomic E-state index is 12.3. The van der Waals surface area contributed by atoms with Crippen molar-refractivity contribution in [3.05, 3.63) is 72.9 Å². The molecule has 0 amide bonds. The number of ether oxygens (including phenoxy) is 2. The van der Waals surface area contributed by atoms with E-state index in [-0.39, 0.29) is 30.7 Å². The molecular formula is C24H32O4. The Kier molecular flexibility index (Phi) is 8.21. The molecule has 2 heterocycles. The van der Waals surface area contributed by atoms with Crippen molar-refractivity contribution >= 4 is 5.97 Å². The molecule has 2 saturated heterocycles. The number of rotatable bonds is 4. The number of aliphatic hydroxyl groups is 1. The number of aliphatic hydroxyl groups excluding tert-OH is 1. The van der Waals surface area contributed by atoms with Crippen LogP contribution in [0.25, 0.3) is 0 Å². The van der Waals surface area contributed by atoms with Crippen LogP contribution >= 0.6 is 0 Å². The summed E-state index contributed by atoms with van der Waals surface area (Å²) in [4.78, 5) is 12.3. The fourth-order valence-electron chi connectivity index (χ4n) is 3.16. The summed E-state index contributed by atoms with van der Waals surface area (Å²) in [7, 11) is 0. The molecule has 0 aromatic rings. The lowest BCUT2D eigenvalue weighted by Crippen LogP contribution is -2.22. The molecule has 2 fully saturated rings. The van der Waals surface area contributed by atoms with Gasteiger partial charge < -0.3 is 14.6 Å². The standard InChI is InChI=1S/C24H32O4/c1-16(2)9-7-6-8-10-20-12-13-21-24(28-21)23(26)19(5)15-18(4)17(3)11-14-22(25)27-20/h7-10,20-21,23-24,26H,1,3-6,11-15H2,2H3/b9-7+,10-8+/t20-,21-,23+,24+/m0/s1. The van der Waals surface area contributed by atoms with Gasteiger partial charge in [0.1, 0.15) is 18.3 Å². The summed E-state index contributed by atoms with van der Waals surface area (Å²) in [6.45, 7) is 17.8. The topological polar surface area (TPSA) is 59.1 Å². The molecule has 0 aliphatic carbocycles. The van der Waals surface area contributed by atoms with Crippen molar-refractivity contribution in [2.24, 2.45) is 0 Å². The highest BCUT2D eigenvalue weighted by molar-refractivity contribution is 5.70. The van der Waals surface area contributed by atoms with E-state index in [1.165, 1.54) is 0 Å². The fourth-order valence-corrected chi connectivity index (χ4v) is 3.16. The summed E-state index contributed by atoms with van der Waals surface area (Å²) in [6, 6.07) is 0. The SMILES string of the molecule is C=C(C)/C=C/C/C=C/[C@H]1CC[C@@H]2O[C@H]2[C@H](O)C(=C)CC(=C)C(=C)CCC(=O)O1. The van der Waals surface area contributed by atoms with E-state index in [0.717, 1.165) is 23.1 Å². The van der Waals surface area contributed by atoms with Gasteiger partial charge in [-0.15, -0.1) is 0 Å². The summed E-state index contributed by atoms with van der Waals surface area (Å²) in [5.74, 6) is -0.245. The van der Waals surface area contributed by atoms with Crippen LogP contribution in [-0.2, 0) is 14.3 Å². The van der Waals surface area contributed by atoms with Crippen molar-refractivity contribution in [1.29, 1.82) is 0 Å². The van der Waals surface area contributed by atoms with Crippen molar-refractivity contribution in [2.45, 2.75) is 69.9 Å². The Morgan fingerprint density at radius 3 is 2.64 bits per heavy atom. The summed E-state index contributed by atoms with van der Waals surface area (Å²) in [6.07, 6.45) is 9.92. The predicted molar refractivity (Wildman–Crippen MR) is 113 cm³/mol. The number of epoxide rings is 1. The third-order valence-corrected chi connectivity index (χ3v) is 4.97. The lowest BCUT2D eigenvalue weighted by atomic mass is 9.93. The van der Waals surface area contributed by atoms with Gasteiger partial charge >= 0.3 is 5.97 Å². The summed E-state index contributed by atoms with van der Waals surface area (Å²) in [5.41, 5.74) is 3.25. The Hall–Kier alpha value is -2.17. The second-order valence-electron chi connectivity index (χ2n) is 7.64. The van der Waals surface area contributed by atoms with Crippen LogP contribution in [0.3, 0.4) is 0 Å². The Bertz CT molecular complexity index is 697. The summed E-state index contributed by atoms with van der Waals surface area (Å²) >= 11 is 0. The molecule has 0 spiro atoms. The van der Waals surface area contributed by atoms with Crippen LogP contribution in [0.15, 0.2) is 72.9 Å². The van der Waals surface area contributed by atoms with Gasteiger partial charge in [-0.2, -0.15) is 0 Å². The normalized spacial score (nSPS) is 30.2. The highest BCUT2D eigenvalue weighted by Gasteiger charge is 2.45. The van der Waals surface area contributed by atoms with Crippen LogP contribution in [0, 0.1) is 0 Å². The molecule has 28 heavy (non-hydrogen) atoms. The highest BCUT2D eigenvalue weighted by atomic mass is 16.6. The summed E-state index contributed by atoms with van der Waals surface area (Å²) in [5, 5.41) is 10.4. The molecule has 1 N–H and O–H groups in total. The first-order valence-electron chi connectivity index (χ1n) is 9.83. The number of allylic oxidation sites excluding steroid dienone is 6. The zero-order valence-corrected chi connectivity index (χ0v) is 16.9. The third kappa shape index (κ3) is 7.10. The van der Waals surface area contributed by atoms with Crippen molar-refractivity contribution in [3.63, 3.8) is 0 Å². The maximum absolute atomic E-state index is 12.3. The predicted octanol–water partition coefficient (Wildman–Crippen LogP) is 4.74. The van der Waals surface area contributed by atoms with Gasteiger partial charge in [0.2, 0.25) is 0 Å². The molecule has 0 saturated carbocycles. The average molecular weight is 385 g/mol. The Labute approximate surface area is 168 Å². The second-order valence-corrected chi connectivity index (χ2v) is 7.64. The van der Waals surface area contributed by atoms with Crippen LogP contribution in [0.1, 0.15) is 45.4 Å².